The summed E-state index contributed by atoms with van der Waals surface area (Å²) in [4.78, 5) is 22.3. The molecule has 176 valence electrons. The largest absolute Gasteiger partial charge is 0.493 e. The molecule has 0 spiro atoms. The van der Waals surface area contributed by atoms with Gasteiger partial charge in [0.2, 0.25) is 10.0 Å². The molecule has 11 nitrogen and oxygen atoms in total. The van der Waals surface area contributed by atoms with Crippen molar-refractivity contribution in [3.8, 4) is 11.5 Å². The topological polar surface area (TPSA) is 163 Å². The van der Waals surface area contributed by atoms with Gasteiger partial charge < -0.3 is 9.47 Å². The van der Waals surface area contributed by atoms with Crippen LogP contribution in [-0.2, 0) is 10.0 Å². The number of sulfonamides is 1. The minimum atomic E-state index is -4.12. The van der Waals surface area contributed by atoms with Crippen LogP contribution in [0, 0.1) is 15.9 Å². The quantitative estimate of drug-likeness (QED) is 0.161. The van der Waals surface area contributed by atoms with Crippen LogP contribution in [0.15, 0.2) is 70.7 Å². The number of nitrogens with one attached hydrogen (secondary N) is 1. The number of nitrogens with two attached hydrogens (primary N) is 1. The van der Waals surface area contributed by atoms with E-state index in [4.69, 9.17) is 14.6 Å². The van der Waals surface area contributed by atoms with Crippen molar-refractivity contribution in [3.05, 3.63) is 87.7 Å². The average Bonchev–Trinajstić information content (AvgIpc) is 2.79. The number of benzene rings is 3. The predicted octanol–water partition coefficient (Wildman–Crippen LogP) is 3.06. The fourth-order valence-corrected chi connectivity index (χ4v) is 3.24. The van der Waals surface area contributed by atoms with Gasteiger partial charge in [-0.25, -0.2) is 22.7 Å². The number of primary sulfonamides is 1. The van der Waals surface area contributed by atoms with Crippen molar-refractivity contribution in [2.45, 2.75) is 4.90 Å². The molecule has 3 rings (SSSR count). The van der Waals surface area contributed by atoms with E-state index in [-0.39, 0.29) is 22.7 Å². The molecule has 0 saturated carbocycles. The zero-order valence-corrected chi connectivity index (χ0v) is 18.3. The molecule has 3 N–H and O–H groups in total. The summed E-state index contributed by atoms with van der Waals surface area (Å²) in [7, 11) is -2.76. The highest BCUT2D eigenvalue weighted by atomic mass is 32.2. The number of carbonyl (C=O) groups is 1. The first-order chi connectivity index (χ1) is 16.1. The summed E-state index contributed by atoms with van der Waals surface area (Å²) in [6, 6.07) is 12.4. The highest BCUT2D eigenvalue weighted by molar-refractivity contribution is 7.89. The number of halogens is 1. The molecule has 0 aliphatic rings. The van der Waals surface area contributed by atoms with Crippen molar-refractivity contribution < 1.29 is 32.0 Å². The van der Waals surface area contributed by atoms with E-state index in [9.17, 15) is 27.7 Å². The lowest BCUT2D eigenvalue weighted by atomic mass is 10.2. The molecular weight excluding hydrogens is 471 g/mol. The van der Waals surface area contributed by atoms with Crippen LogP contribution in [0.5, 0.6) is 11.5 Å². The molecule has 34 heavy (non-hydrogen) atoms. The van der Waals surface area contributed by atoms with Crippen molar-refractivity contribution in [3.63, 3.8) is 0 Å². The summed E-state index contributed by atoms with van der Waals surface area (Å²) in [5.41, 5.74) is 2.49. The Labute approximate surface area is 192 Å². The Morgan fingerprint density at radius 1 is 1.12 bits per heavy atom. The van der Waals surface area contributed by atoms with E-state index in [0.29, 0.717) is 5.56 Å². The van der Waals surface area contributed by atoms with E-state index >= 15 is 0 Å². The normalized spacial score (nSPS) is 11.3. The van der Waals surface area contributed by atoms with E-state index in [1.807, 2.05) is 0 Å². The number of anilines is 1. The van der Waals surface area contributed by atoms with Crippen LogP contribution >= 0.6 is 0 Å². The lowest BCUT2D eigenvalue weighted by molar-refractivity contribution is -0.384. The second kappa shape index (κ2) is 10.1. The predicted molar refractivity (Wildman–Crippen MR) is 120 cm³/mol. The molecule has 0 aliphatic heterocycles. The zero-order chi connectivity index (χ0) is 24.9. The van der Waals surface area contributed by atoms with Crippen LogP contribution in [-0.4, -0.2) is 32.6 Å². The Kier molecular flexibility index (Phi) is 7.18. The molecule has 3 aromatic rings. The van der Waals surface area contributed by atoms with Crippen LogP contribution in [0.2, 0.25) is 0 Å². The molecule has 13 heteroatoms. The maximum Gasteiger partial charge on any atom is 0.343 e. The molecule has 0 aromatic heterocycles. The summed E-state index contributed by atoms with van der Waals surface area (Å²) >= 11 is 0. The minimum Gasteiger partial charge on any atom is -0.493 e. The zero-order valence-electron chi connectivity index (χ0n) is 17.5. The lowest BCUT2D eigenvalue weighted by Gasteiger charge is -2.10. The molecule has 0 atom stereocenters. The Morgan fingerprint density at radius 3 is 2.44 bits per heavy atom. The molecule has 3 aromatic carbocycles. The van der Waals surface area contributed by atoms with Gasteiger partial charge in [0.25, 0.3) is 5.69 Å². The summed E-state index contributed by atoms with van der Waals surface area (Å²) in [6.45, 7) is 0. The number of nitrogens with zero attached hydrogens (tertiary/aromatic N) is 2. The summed E-state index contributed by atoms with van der Waals surface area (Å²) in [5, 5.41) is 20.2. The number of esters is 1. The molecule has 0 unspecified atom stereocenters. The van der Waals surface area contributed by atoms with Crippen LogP contribution in [0.3, 0.4) is 0 Å². The number of carbonyl (C=O) groups excluding carboxylic acids is 1. The van der Waals surface area contributed by atoms with E-state index in [1.165, 1.54) is 37.6 Å². The molecule has 0 radical (unpaired) electrons. The SMILES string of the molecule is COc1cc(/C=N/Nc2ccc(S(N)(=O)=O)cc2[N+](=O)[O-])ccc1OC(=O)c1ccc(F)cc1. The third kappa shape index (κ3) is 5.90. The minimum absolute atomic E-state index is 0.0644. The molecule has 0 aliphatic carbocycles. The molecule has 0 fully saturated rings. The third-order valence-electron chi connectivity index (χ3n) is 4.36. The summed E-state index contributed by atoms with van der Waals surface area (Å²) in [6.07, 6.45) is 1.31. The van der Waals surface area contributed by atoms with Gasteiger partial charge in [-0.3, -0.25) is 15.5 Å². The number of hydrogen-bond donors (Lipinski definition) is 2. The number of nitro benzene ring substituents is 1. The van der Waals surface area contributed by atoms with Gasteiger partial charge in [-0.1, -0.05) is 0 Å². The number of hydrazone groups is 1. The number of ether oxygens (including phenoxy) is 2. The average molecular weight is 488 g/mol. The van der Waals surface area contributed by atoms with E-state index in [0.717, 1.165) is 30.3 Å². The maximum absolute atomic E-state index is 13.0. The fraction of sp³-hybridized carbons (Fsp3) is 0.0476. The van der Waals surface area contributed by atoms with Gasteiger partial charge in [-0.05, 0) is 60.2 Å². The first-order valence-electron chi connectivity index (χ1n) is 9.34. The van der Waals surface area contributed by atoms with Gasteiger partial charge >= 0.3 is 5.97 Å². The van der Waals surface area contributed by atoms with Gasteiger partial charge in [0, 0.05) is 6.07 Å². The van der Waals surface area contributed by atoms with Crippen LogP contribution in [0.1, 0.15) is 15.9 Å². The number of methoxy groups -OCH3 is 1. The molecular formula is C21H17FN4O7S. The third-order valence-corrected chi connectivity index (χ3v) is 5.27. The van der Waals surface area contributed by atoms with Crippen molar-refractivity contribution in [1.29, 1.82) is 0 Å². The molecule has 0 bridgehead atoms. The first kappa shape index (κ1) is 24.3. The van der Waals surface area contributed by atoms with Crippen molar-refractivity contribution in [2.75, 3.05) is 12.5 Å². The number of nitro groups is 1. The van der Waals surface area contributed by atoms with Gasteiger partial charge in [-0.2, -0.15) is 5.10 Å². The van der Waals surface area contributed by atoms with Crippen LogP contribution < -0.4 is 20.0 Å². The fourth-order valence-electron chi connectivity index (χ4n) is 2.70. The van der Waals surface area contributed by atoms with Crippen LogP contribution in [0.4, 0.5) is 15.8 Å². The first-order valence-corrected chi connectivity index (χ1v) is 10.9. The number of hydrogen-bond acceptors (Lipinski definition) is 9. The van der Waals surface area contributed by atoms with Crippen molar-refractivity contribution in [1.82, 2.24) is 0 Å². The highest BCUT2D eigenvalue weighted by Crippen LogP contribution is 2.29. The second-order valence-electron chi connectivity index (χ2n) is 6.66. The summed E-state index contributed by atoms with van der Waals surface area (Å²) < 4.78 is 46.4. The summed E-state index contributed by atoms with van der Waals surface area (Å²) in [5.74, 6) is -0.896. The molecule has 0 saturated heterocycles. The maximum atomic E-state index is 13.0. The Morgan fingerprint density at radius 2 is 1.82 bits per heavy atom. The Bertz CT molecular complexity index is 1380. The van der Waals surface area contributed by atoms with Gasteiger partial charge in [-0.15, -0.1) is 0 Å². The van der Waals surface area contributed by atoms with E-state index in [2.05, 4.69) is 10.5 Å². The van der Waals surface area contributed by atoms with Crippen molar-refractivity contribution >= 4 is 33.6 Å². The van der Waals surface area contributed by atoms with Crippen LogP contribution in [0.25, 0.3) is 0 Å². The van der Waals surface area contributed by atoms with Gasteiger partial charge in [0.05, 0.1) is 28.7 Å². The van der Waals surface area contributed by atoms with Gasteiger partial charge in [0.15, 0.2) is 11.5 Å². The van der Waals surface area contributed by atoms with E-state index in [1.54, 1.807) is 6.07 Å². The Hall–Kier alpha value is -4.36. The number of rotatable bonds is 8. The van der Waals surface area contributed by atoms with E-state index < -0.39 is 37.3 Å². The van der Waals surface area contributed by atoms with Gasteiger partial charge in [0.1, 0.15) is 11.5 Å². The lowest BCUT2D eigenvalue weighted by Crippen LogP contribution is -2.12. The highest BCUT2D eigenvalue weighted by Gasteiger charge is 2.19. The molecule has 0 heterocycles. The monoisotopic (exact) mass is 488 g/mol. The van der Waals surface area contributed by atoms with Crippen molar-refractivity contribution in [2.24, 2.45) is 10.2 Å². The smallest absolute Gasteiger partial charge is 0.343 e. The standard InChI is InChI=1S/C21H17FN4O7S/c1-32-20-10-13(2-9-19(20)33-21(27)14-3-5-15(22)6-4-14)12-24-25-17-8-7-16(34(23,30)31)11-18(17)26(28)29/h2-12,25H,1H3,(H2,23,30,31)/b24-12+. The molecule has 0 amide bonds. The Balaban J connectivity index is 1.76. The second-order valence-corrected chi connectivity index (χ2v) is 8.22.